The average Bonchev–Trinajstić information content (AvgIpc) is 2.46. The van der Waals surface area contributed by atoms with Crippen LogP contribution in [-0.4, -0.2) is 36.6 Å². The number of hydrogen-bond donors (Lipinski definition) is 2. The van der Waals surface area contributed by atoms with Gasteiger partial charge in [-0.05, 0) is 31.5 Å². The zero-order valence-corrected chi connectivity index (χ0v) is 13.5. The zero-order chi connectivity index (χ0) is 17.5. The van der Waals surface area contributed by atoms with Crippen molar-refractivity contribution in [1.82, 2.24) is 5.32 Å². The lowest BCUT2D eigenvalue weighted by Gasteiger charge is -2.29. The maximum Gasteiger partial charge on any atom is 0.344 e. The van der Waals surface area contributed by atoms with Gasteiger partial charge in [0.25, 0.3) is 0 Å². The van der Waals surface area contributed by atoms with E-state index in [4.69, 9.17) is 15.2 Å². The van der Waals surface area contributed by atoms with Gasteiger partial charge in [-0.1, -0.05) is 12.1 Å². The Morgan fingerprint density at radius 2 is 1.70 bits per heavy atom. The highest BCUT2D eigenvalue weighted by molar-refractivity contribution is 6.08. The molecule has 0 fully saturated rings. The maximum atomic E-state index is 12.4. The van der Waals surface area contributed by atoms with Gasteiger partial charge in [-0.2, -0.15) is 0 Å². The Morgan fingerprint density at radius 3 is 2.13 bits per heavy atom. The topological polar surface area (TPSA) is 108 Å². The highest BCUT2D eigenvalue weighted by Gasteiger charge is 2.50. The van der Waals surface area contributed by atoms with Gasteiger partial charge in [0.1, 0.15) is 0 Å². The lowest BCUT2D eigenvalue weighted by Crippen LogP contribution is -2.62. The molecule has 1 rings (SSSR count). The number of nitrogens with one attached hydrogen (secondary N) is 1. The molecule has 0 saturated heterocycles. The molecule has 0 aliphatic heterocycles. The normalized spacial score (nSPS) is 10.7. The number of nitrogen functional groups attached to an aromatic ring is 1. The molecule has 0 spiro atoms. The number of esters is 2. The van der Waals surface area contributed by atoms with Gasteiger partial charge in [-0.15, -0.1) is 0 Å². The molecule has 0 saturated carbocycles. The second kappa shape index (κ2) is 8.17. The van der Waals surface area contributed by atoms with Gasteiger partial charge < -0.3 is 20.5 Å². The third kappa shape index (κ3) is 4.70. The van der Waals surface area contributed by atoms with Crippen molar-refractivity contribution in [3.8, 4) is 0 Å². The monoisotopic (exact) mass is 322 g/mol. The number of carbonyl (C=O) groups excluding carboxylic acids is 3. The molecule has 3 N–H and O–H groups in total. The van der Waals surface area contributed by atoms with E-state index in [9.17, 15) is 14.4 Å². The molecule has 126 valence electrons. The lowest BCUT2D eigenvalue weighted by molar-refractivity contribution is -0.168. The molecule has 0 aromatic heterocycles. The summed E-state index contributed by atoms with van der Waals surface area (Å²) in [5, 5.41) is 2.40. The maximum absolute atomic E-state index is 12.4. The average molecular weight is 322 g/mol. The number of nitrogens with two attached hydrogens (primary N) is 1. The molecule has 1 aromatic carbocycles. The van der Waals surface area contributed by atoms with Crippen LogP contribution >= 0.6 is 0 Å². The molecule has 23 heavy (non-hydrogen) atoms. The molecule has 7 nitrogen and oxygen atoms in total. The summed E-state index contributed by atoms with van der Waals surface area (Å²) in [4.78, 5) is 36.5. The fraction of sp³-hybridized carbons (Fsp3) is 0.438. The van der Waals surface area contributed by atoms with E-state index in [-0.39, 0.29) is 19.6 Å². The van der Waals surface area contributed by atoms with Crippen LogP contribution in [0, 0.1) is 0 Å². The second-order valence-corrected chi connectivity index (χ2v) is 4.95. The Balaban J connectivity index is 3.31. The number of benzene rings is 1. The van der Waals surface area contributed by atoms with Crippen LogP contribution in [0.1, 0.15) is 26.3 Å². The van der Waals surface area contributed by atoms with Crippen LogP contribution in [0.25, 0.3) is 0 Å². The molecule has 0 heterocycles. The minimum absolute atomic E-state index is 0.0660. The number of ether oxygens (including phenoxy) is 2. The number of amides is 1. The van der Waals surface area contributed by atoms with E-state index in [0.29, 0.717) is 11.3 Å². The van der Waals surface area contributed by atoms with Crippen LogP contribution in [0.2, 0.25) is 0 Å². The number of anilines is 1. The first-order chi connectivity index (χ1) is 10.9. The third-order valence-corrected chi connectivity index (χ3v) is 3.06. The Bertz CT molecular complexity index is 568. The summed E-state index contributed by atoms with van der Waals surface area (Å²) in [5.74, 6) is -2.28. The first-order valence-electron chi connectivity index (χ1n) is 7.33. The minimum atomic E-state index is -1.94. The number of rotatable bonds is 7. The van der Waals surface area contributed by atoms with E-state index in [2.05, 4.69) is 5.32 Å². The fourth-order valence-corrected chi connectivity index (χ4v) is 2.19. The quantitative estimate of drug-likeness (QED) is 0.437. The van der Waals surface area contributed by atoms with Crippen LogP contribution in [-0.2, 0) is 30.3 Å². The lowest BCUT2D eigenvalue weighted by atomic mass is 9.90. The summed E-state index contributed by atoms with van der Waals surface area (Å²) in [5.41, 5.74) is 4.87. The Morgan fingerprint density at radius 1 is 1.13 bits per heavy atom. The Labute approximate surface area is 135 Å². The van der Waals surface area contributed by atoms with Crippen LogP contribution < -0.4 is 11.1 Å². The first kappa shape index (κ1) is 18.5. The molecule has 0 radical (unpaired) electrons. The SMILES string of the molecule is CCOC(=O)C(Cc1cccc(N)c1)(NC(C)=O)C(=O)OCC. The van der Waals surface area contributed by atoms with Gasteiger partial charge in [0.15, 0.2) is 0 Å². The third-order valence-electron chi connectivity index (χ3n) is 3.06. The number of hydrogen-bond acceptors (Lipinski definition) is 6. The Kier molecular flexibility index (Phi) is 6.56. The highest BCUT2D eigenvalue weighted by atomic mass is 16.6. The summed E-state index contributed by atoms with van der Waals surface area (Å²) < 4.78 is 9.98. The predicted molar refractivity (Wildman–Crippen MR) is 84.4 cm³/mol. The smallest absolute Gasteiger partial charge is 0.344 e. The van der Waals surface area contributed by atoms with Gasteiger partial charge in [-0.25, -0.2) is 9.59 Å². The van der Waals surface area contributed by atoms with Crippen molar-refractivity contribution < 1.29 is 23.9 Å². The summed E-state index contributed by atoms with van der Waals surface area (Å²) in [6.07, 6.45) is -0.116. The molecule has 0 aliphatic carbocycles. The molecule has 0 unspecified atom stereocenters. The largest absolute Gasteiger partial charge is 0.464 e. The van der Waals surface area contributed by atoms with Crippen molar-refractivity contribution in [2.75, 3.05) is 18.9 Å². The molecule has 1 aromatic rings. The fourth-order valence-electron chi connectivity index (χ4n) is 2.19. The first-order valence-corrected chi connectivity index (χ1v) is 7.33. The zero-order valence-electron chi connectivity index (χ0n) is 13.5. The summed E-state index contributed by atoms with van der Waals surface area (Å²) in [6, 6.07) is 6.69. The molecular weight excluding hydrogens is 300 g/mol. The van der Waals surface area contributed by atoms with Gasteiger partial charge >= 0.3 is 11.9 Å². The highest BCUT2D eigenvalue weighted by Crippen LogP contribution is 2.20. The van der Waals surface area contributed by atoms with Crippen LogP contribution in [0.15, 0.2) is 24.3 Å². The van der Waals surface area contributed by atoms with E-state index < -0.39 is 23.4 Å². The van der Waals surface area contributed by atoms with Gasteiger partial charge in [0.2, 0.25) is 11.4 Å². The predicted octanol–water partition coefficient (Wildman–Crippen LogP) is 0.812. The summed E-state index contributed by atoms with van der Waals surface area (Å²) in [7, 11) is 0. The minimum Gasteiger partial charge on any atom is -0.464 e. The molecule has 0 aliphatic rings. The van der Waals surface area contributed by atoms with Crippen LogP contribution in [0.3, 0.4) is 0 Å². The van der Waals surface area contributed by atoms with Crippen molar-refractivity contribution in [2.24, 2.45) is 0 Å². The van der Waals surface area contributed by atoms with Crippen molar-refractivity contribution in [2.45, 2.75) is 32.7 Å². The van der Waals surface area contributed by atoms with Crippen molar-refractivity contribution in [3.63, 3.8) is 0 Å². The standard InChI is InChI=1S/C16H22N2O5/c1-4-22-14(20)16(18-11(3)19,15(21)23-5-2)10-12-7-6-8-13(17)9-12/h6-9H,4-5,10,17H2,1-3H3,(H,18,19). The summed E-state index contributed by atoms with van der Waals surface area (Å²) >= 11 is 0. The van der Waals surface area contributed by atoms with Crippen molar-refractivity contribution in [3.05, 3.63) is 29.8 Å². The van der Waals surface area contributed by atoms with Crippen molar-refractivity contribution in [1.29, 1.82) is 0 Å². The van der Waals surface area contributed by atoms with Gasteiger partial charge in [-0.3, -0.25) is 4.79 Å². The Hall–Kier alpha value is -2.57. The van der Waals surface area contributed by atoms with Crippen molar-refractivity contribution >= 4 is 23.5 Å². The van der Waals surface area contributed by atoms with E-state index in [1.165, 1.54) is 6.92 Å². The van der Waals surface area contributed by atoms with Crippen LogP contribution in [0.4, 0.5) is 5.69 Å². The number of carbonyl (C=O) groups is 3. The molecular formula is C16H22N2O5. The van der Waals surface area contributed by atoms with E-state index in [1.807, 2.05) is 0 Å². The van der Waals surface area contributed by atoms with Gasteiger partial charge in [0.05, 0.1) is 13.2 Å². The second-order valence-electron chi connectivity index (χ2n) is 4.95. The van der Waals surface area contributed by atoms with E-state index >= 15 is 0 Å². The van der Waals surface area contributed by atoms with E-state index in [1.54, 1.807) is 38.1 Å². The molecule has 7 heteroatoms. The molecule has 1 amide bonds. The van der Waals surface area contributed by atoms with Gasteiger partial charge in [0, 0.05) is 19.0 Å². The van der Waals surface area contributed by atoms with Crippen LogP contribution in [0.5, 0.6) is 0 Å². The molecule has 0 atom stereocenters. The van der Waals surface area contributed by atoms with E-state index in [0.717, 1.165) is 0 Å². The molecule has 0 bridgehead atoms. The summed E-state index contributed by atoms with van der Waals surface area (Å²) in [6.45, 7) is 4.57.